The van der Waals surface area contributed by atoms with Gasteiger partial charge in [-0.15, -0.1) is 0 Å². The lowest BCUT2D eigenvalue weighted by molar-refractivity contribution is -0.120. The molecule has 7 heteroatoms. The Morgan fingerprint density at radius 2 is 1.76 bits per heavy atom. The molecule has 4 rings (SSSR count). The van der Waals surface area contributed by atoms with Gasteiger partial charge in [-0.05, 0) is 67.2 Å². The summed E-state index contributed by atoms with van der Waals surface area (Å²) in [6.07, 6.45) is 0.222. The highest BCUT2D eigenvalue weighted by molar-refractivity contribution is 6.37. The summed E-state index contributed by atoms with van der Waals surface area (Å²) in [6, 6.07) is 19.8. The molecule has 174 valence electrons. The van der Waals surface area contributed by atoms with Gasteiger partial charge in [0.25, 0.3) is 5.91 Å². The number of hydrogen-bond acceptors (Lipinski definition) is 4. The van der Waals surface area contributed by atoms with E-state index in [4.69, 9.17) is 0 Å². The van der Waals surface area contributed by atoms with Crippen LogP contribution in [0.2, 0.25) is 0 Å². The molecule has 34 heavy (non-hydrogen) atoms. The van der Waals surface area contributed by atoms with Crippen molar-refractivity contribution in [1.29, 1.82) is 0 Å². The van der Waals surface area contributed by atoms with E-state index in [0.29, 0.717) is 22.5 Å². The fourth-order valence-electron chi connectivity index (χ4n) is 3.99. The molecule has 0 aromatic heterocycles. The normalized spacial score (nSPS) is 14.0. The lowest BCUT2D eigenvalue weighted by Crippen LogP contribution is -2.20. The Labute approximate surface area is 198 Å². The molecule has 0 unspecified atom stereocenters. The highest BCUT2D eigenvalue weighted by Gasteiger charge is 2.29. The number of nitrogens with one attached hydrogen (secondary N) is 3. The highest BCUT2D eigenvalue weighted by atomic mass is 19.1. The second-order valence-electron chi connectivity index (χ2n) is 8.50. The number of rotatable bonds is 7. The first-order valence-corrected chi connectivity index (χ1v) is 11.0. The van der Waals surface area contributed by atoms with Gasteiger partial charge in [-0.1, -0.05) is 30.3 Å². The molecule has 0 saturated carbocycles. The number of likely N-dealkylation sites (N-methyl/N-ethyl adjacent to an activating group) is 1. The zero-order chi connectivity index (χ0) is 24.2. The second-order valence-corrected chi connectivity index (χ2v) is 8.50. The number of carbonyl (C=O) groups excluding carboxylic acids is 2. The van der Waals surface area contributed by atoms with Gasteiger partial charge in [0, 0.05) is 24.8 Å². The summed E-state index contributed by atoms with van der Waals surface area (Å²) in [6.45, 7) is 0.817. The summed E-state index contributed by atoms with van der Waals surface area (Å²) < 4.78 is 13.8. The number of hydrogen-bond donors (Lipinski definition) is 3. The molecule has 0 aliphatic carbocycles. The molecule has 1 aliphatic heterocycles. The minimum Gasteiger partial charge on any atom is -0.359 e. The molecule has 3 N–H and O–H groups in total. The number of carbonyl (C=O) groups is 2. The number of amides is 2. The molecule has 0 radical (unpaired) electrons. The van der Waals surface area contributed by atoms with Crippen LogP contribution < -0.4 is 16.0 Å². The Kier molecular flexibility index (Phi) is 6.75. The number of benzene rings is 3. The fraction of sp³-hybridized carbons (Fsp3) is 0.185. The van der Waals surface area contributed by atoms with Gasteiger partial charge in [0.1, 0.15) is 5.82 Å². The lowest BCUT2D eigenvalue weighted by atomic mass is 9.98. The van der Waals surface area contributed by atoms with Gasteiger partial charge in [-0.2, -0.15) is 0 Å². The molecule has 6 nitrogen and oxygen atoms in total. The molecule has 0 bridgehead atoms. The third-order valence-corrected chi connectivity index (χ3v) is 5.56. The average molecular weight is 459 g/mol. The predicted molar refractivity (Wildman–Crippen MR) is 134 cm³/mol. The van der Waals surface area contributed by atoms with Crippen molar-refractivity contribution in [1.82, 2.24) is 10.2 Å². The molecular formula is C27H27FN4O2. The smallest absolute Gasteiger partial charge is 0.258 e. The van der Waals surface area contributed by atoms with Crippen LogP contribution in [0.25, 0.3) is 11.3 Å². The summed E-state index contributed by atoms with van der Waals surface area (Å²) in [5, 5.41) is 8.81. The van der Waals surface area contributed by atoms with E-state index in [2.05, 4.69) is 20.9 Å². The molecule has 0 saturated heterocycles. The monoisotopic (exact) mass is 458 g/mol. The zero-order valence-corrected chi connectivity index (χ0v) is 19.4. The van der Waals surface area contributed by atoms with Crippen molar-refractivity contribution in [3.05, 3.63) is 94.8 Å². The number of halogens is 1. The van der Waals surface area contributed by atoms with Gasteiger partial charge >= 0.3 is 0 Å². The number of anilines is 2. The van der Waals surface area contributed by atoms with Gasteiger partial charge in [-0.3, -0.25) is 9.59 Å². The molecule has 1 heterocycles. The highest BCUT2D eigenvalue weighted by Crippen LogP contribution is 2.38. The second kappa shape index (κ2) is 9.89. The van der Waals surface area contributed by atoms with Crippen molar-refractivity contribution >= 4 is 34.5 Å². The molecule has 0 spiro atoms. The van der Waals surface area contributed by atoms with E-state index in [1.807, 2.05) is 62.6 Å². The first-order chi connectivity index (χ1) is 16.3. The summed E-state index contributed by atoms with van der Waals surface area (Å²) >= 11 is 0. The van der Waals surface area contributed by atoms with Crippen LogP contribution in [0, 0.1) is 5.82 Å². The predicted octanol–water partition coefficient (Wildman–Crippen LogP) is 4.11. The Hall–Kier alpha value is -3.97. The van der Waals surface area contributed by atoms with E-state index >= 15 is 0 Å². The van der Waals surface area contributed by atoms with Crippen molar-refractivity contribution in [3.63, 3.8) is 0 Å². The van der Waals surface area contributed by atoms with Crippen LogP contribution >= 0.6 is 0 Å². The Balaban J connectivity index is 1.80. The Morgan fingerprint density at radius 3 is 2.47 bits per heavy atom. The van der Waals surface area contributed by atoms with Crippen LogP contribution in [-0.4, -0.2) is 37.9 Å². The standard InChI is InChI=1S/C27H27FN4O2/c1-29-24(33)14-18-5-4-6-19(13-18)26(30-21-10-7-17(8-11-21)16-32(2)3)25-22-12-9-20(28)15-23(22)31-27(25)34/h4-13,15,30H,14,16H2,1-3H3,(H,29,33)(H,31,34). The largest absolute Gasteiger partial charge is 0.359 e. The first-order valence-electron chi connectivity index (χ1n) is 11.0. The van der Waals surface area contributed by atoms with E-state index in [1.54, 1.807) is 13.1 Å². The summed E-state index contributed by atoms with van der Waals surface area (Å²) in [5.74, 6) is -0.835. The quantitative estimate of drug-likeness (QED) is 0.466. The van der Waals surface area contributed by atoms with E-state index in [1.165, 1.54) is 12.1 Å². The molecule has 0 atom stereocenters. The van der Waals surface area contributed by atoms with Gasteiger partial charge in [0.15, 0.2) is 0 Å². The summed E-state index contributed by atoms with van der Waals surface area (Å²) in [5.41, 5.74) is 5.60. The molecule has 1 aliphatic rings. The van der Waals surface area contributed by atoms with Crippen LogP contribution in [0.5, 0.6) is 0 Å². The first kappa shape index (κ1) is 23.2. The van der Waals surface area contributed by atoms with Gasteiger partial charge in [0.05, 0.1) is 23.4 Å². The maximum Gasteiger partial charge on any atom is 0.258 e. The SMILES string of the molecule is CNC(=O)Cc1cccc(C(Nc2ccc(CN(C)C)cc2)=C2C(=O)Nc3cc(F)ccc32)c1. The van der Waals surface area contributed by atoms with Crippen LogP contribution in [-0.2, 0) is 22.6 Å². The molecule has 2 amide bonds. The average Bonchev–Trinajstić information content (AvgIpc) is 3.12. The van der Waals surface area contributed by atoms with Crippen molar-refractivity contribution in [2.45, 2.75) is 13.0 Å². The van der Waals surface area contributed by atoms with E-state index in [-0.39, 0.29) is 18.2 Å². The summed E-state index contributed by atoms with van der Waals surface area (Å²) in [4.78, 5) is 27.0. The molecule has 3 aromatic rings. The van der Waals surface area contributed by atoms with Crippen molar-refractivity contribution in [2.24, 2.45) is 0 Å². The van der Waals surface area contributed by atoms with Crippen LogP contribution in [0.1, 0.15) is 22.3 Å². The van der Waals surface area contributed by atoms with E-state index in [0.717, 1.165) is 28.9 Å². The Bertz CT molecular complexity index is 1270. The van der Waals surface area contributed by atoms with Gasteiger partial charge < -0.3 is 20.9 Å². The number of nitrogens with zero attached hydrogens (tertiary/aromatic N) is 1. The third-order valence-electron chi connectivity index (χ3n) is 5.56. The lowest BCUT2D eigenvalue weighted by Gasteiger charge is -2.16. The van der Waals surface area contributed by atoms with Crippen molar-refractivity contribution < 1.29 is 14.0 Å². The van der Waals surface area contributed by atoms with Crippen molar-refractivity contribution in [2.75, 3.05) is 31.8 Å². The van der Waals surface area contributed by atoms with Gasteiger partial charge in [0.2, 0.25) is 5.91 Å². The Morgan fingerprint density at radius 1 is 1.00 bits per heavy atom. The molecule has 3 aromatic carbocycles. The van der Waals surface area contributed by atoms with Crippen LogP contribution in [0.15, 0.2) is 66.7 Å². The van der Waals surface area contributed by atoms with Gasteiger partial charge in [-0.25, -0.2) is 4.39 Å². The number of fused-ring (bicyclic) bond motifs is 1. The van der Waals surface area contributed by atoms with Crippen LogP contribution in [0.3, 0.4) is 0 Å². The summed E-state index contributed by atoms with van der Waals surface area (Å²) in [7, 11) is 5.62. The maximum absolute atomic E-state index is 13.8. The topological polar surface area (TPSA) is 73.5 Å². The minimum absolute atomic E-state index is 0.102. The third kappa shape index (κ3) is 5.15. The van der Waals surface area contributed by atoms with Crippen LogP contribution in [0.4, 0.5) is 15.8 Å². The molecule has 0 fully saturated rings. The van der Waals surface area contributed by atoms with Crippen molar-refractivity contribution in [3.8, 4) is 0 Å². The fourth-order valence-corrected chi connectivity index (χ4v) is 3.99. The minimum atomic E-state index is -0.418. The maximum atomic E-state index is 13.8. The zero-order valence-electron chi connectivity index (χ0n) is 19.4. The van der Waals surface area contributed by atoms with E-state index in [9.17, 15) is 14.0 Å². The molecular weight excluding hydrogens is 431 g/mol. The van der Waals surface area contributed by atoms with E-state index < -0.39 is 5.82 Å².